The van der Waals surface area contributed by atoms with E-state index in [0.717, 1.165) is 25.9 Å². The van der Waals surface area contributed by atoms with E-state index >= 15 is 0 Å². The highest BCUT2D eigenvalue weighted by Gasteiger charge is 2.50. The summed E-state index contributed by atoms with van der Waals surface area (Å²) in [4.78, 5) is 16.8. The molecule has 0 aliphatic carbocycles. The van der Waals surface area contributed by atoms with Gasteiger partial charge in [0.2, 0.25) is 5.91 Å². The minimum Gasteiger partial charge on any atom is -0.383 e. The number of carbonyl (C=O) groups excluding carboxylic acids is 1. The molecular weight excluding hydrogens is 319 g/mol. The van der Waals surface area contributed by atoms with Gasteiger partial charge in [-0.15, -0.1) is 0 Å². The molecule has 0 N–H and O–H groups in total. The number of rotatable bonds is 5. The third-order valence-electron chi connectivity index (χ3n) is 5.00. The maximum atomic E-state index is 13.9. The second-order valence-corrected chi connectivity index (χ2v) is 6.95. The van der Waals surface area contributed by atoms with E-state index < -0.39 is 0 Å². The van der Waals surface area contributed by atoms with Crippen LogP contribution in [0.3, 0.4) is 0 Å². The molecule has 1 atom stereocenters. The van der Waals surface area contributed by atoms with Crippen LogP contribution in [0.25, 0.3) is 0 Å². The third-order valence-corrected chi connectivity index (χ3v) is 5.24. The fourth-order valence-electron chi connectivity index (χ4n) is 3.68. The molecule has 23 heavy (non-hydrogen) atoms. The van der Waals surface area contributed by atoms with Crippen molar-refractivity contribution in [2.24, 2.45) is 5.41 Å². The third kappa shape index (κ3) is 3.37. The van der Waals surface area contributed by atoms with Gasteiger partial charge in [-0.2, -0.15) is 0 Å². The lowest BCUT2D eigenvalue weighted by Crippen LogP contribution is -2.38. The van der Waals surface area contributed by atoms with Crippen LogP contribution in [-0.4, -0.2) is 55.6 Å². The molecule has 0 saturated carbocycles. The molecule has 1 spiro atoms. The van der Waals surface area contributed by atoms with Gasteiger partial charge in [0, 0.05) is 43.9 Å². The molecule has 2 heterocycles. The van der Waals surface area contributed by atoms with Crippen LogP contribution in [0.2, 0.25) is 5.02 Å². The minimum atomic E-state index is -0.289. The lowest BCUT2D eigenvalue weighted by atomic mass is 9.85. The normalized spacial score (nSPS) is 25.0. The molecule has 1 amide bonds. The molecule has 1 unspecified atom stereocenters. The number of amides is 1. The van der Waals surface area contributed by atoms with Crippen LogP contribution in [0.5, 0.6) is 0 Å². The number of ether oxygens (including phenoxy) is 1. The zero-order valence-electron chi connectivity index (χ0n) is 13.4. The summed E-state index contributed by atoms with van der Waals surface area (Å²) in [5, 5.41) is 0.540. The first-order chi connectivity index (χ1) is 11.0. The van der Waals surface area contributed by atoms with Gasteiger partial charge in [-0.05, 0) is 37.6 Å². The highest BCUT2D eigenvalue weighted by atomic mass is 35.5. The predicted molar refractivity (Wildman–Crippen MR) is 86.8 cm³/mol. The quantitative estimate of drug-likeness (QED) is 0.826. The topological polar surface area (TPSA) is 32.8 Å². The van der Waals surface area contributed by atoms with Gasteiger partial charge >= 0.3 is 0 Å². The summed E-state index contributed by atoms with van der Waals surface area (Å²) < 4.78 is 19.0. The maximum absolute atomic E-state index is 13.9. The van der Waals surface area contributed by atoms with E-state index in [0.29, 0.717) is 36.8 Å². The van der Waals surface area contributed by atoms with E-state index in [1.54, 1.807) is 19.2 Å². The van der Waals surface area contributed by atoms with Crippen molar-refractivity contribution in [3.63, 3.8) is 0 Å². The first-order valence-electron chi connectivity index (χ1n) is 7.99. The van der Waals surface area contributed by atoms with Gasteiger partial charge in [-0.25, -0.2) is 4.39 Å². The van der Waals surface area contributed by atoms with Crippen LogP contribution in [0.1, 0.15) is 18.4 Å². The van der Waals surface area contributed by atoms with Crippen LogP contribution in [0.4, 0.5) is 4.39 Å². The zero-order valence-corrected chi connectivity index (χ0v) is 14.1. The number of halogens is 2. The predicted octanol–water partition coefficient (Wildman–Crippen LogP) is 2.55. The summed E-state index contributed by atoms with van der Waals surface area (Å²) in [6.45, 7) is 4.03. The highest BCUT2D eigenvalue weighted by Crippen LogP contribution is 2.41. The van der Waals surface area contributed by atoms with Gasteiger partial charge in [-0.1, -0.05) is 11.6 Å². The van der Waals surface area contributed by atoms with Crippen LogP contribution >= 0.6 is 11.6 Å². The number of hydrogen-bond donors (Lipinski definition) is 0. The Hall–Kier alpha value is -1.17. The van der Waals surface area contributed by atoms with Crippen molar-refractivity contribution in [2.45, 2.75) is 19.4 Å². The molecule has 4 nitrogen and oxygen atoms in total. The summed E-state index contributed by atoms with van der Waals surface area (Å²) >= 11 is 5.96. The van der Waals surface area contributed by atoms with Crippen LogP contribution in [-0.2, 0) is 16.1 Å². The SMILES string of the molecule is COCCN1CCC2(CCN(Cc3cc(Cl)ccc3F)C2)C1=O. The Kier molecular flexibility index (Phi) is 4.90. The van der Waals surface area contributed by atoms with E-state index in [4.69, 9.17) is 16.3 Å². The number of benzene rings is 1. The van der Waals surface area contributed by atoms with Crippen LogP contribution in [0.15, 0.2) is 18.2 Å². The monoisotopic (exact) mass is 340 g/mol. The van der Waals surface area contributed by atoms with Gasteiger partial charge in [0.15, 0.2) is 0 Å². The average molecular weight is 341 g/mol. The second kappa shape index (κ2) is 6.75. The molecule has 1 aromatic rings. The molecule has 3 rings (SSSR count). The first-order valence-corrected chi connectivity index (χ1v) is 8.36. The largest absolute Gasteiger partial charge is 0.383 e. The fraction of sp³-hybridized carbons (Fsp3) is 0.588. The van der Waals surface area contributed by atoms with E-state index in [1.807, 2.05) is 4.90 Å². The van der Waals surface area contributed by atoms with Gasteiger partial charge in [0.25, 0.3) is 0 Å². The maximum Gasteiger partial charge on any atom is 0.230 e. The van der Waals surface area contributed by atoms with Crippen LogP contribution < -0.4 is 0 Å². The summed E-state index contributed by atoms with van der Waals surface area (Å²) in [5.74, 6) is -0.0153. The van der Waals surface area contributed by atoms with Crippen molar-refractivity contribution in [3.8, 4) is 0 Å². The average Bonchev–Trinajstić information content (AvgIpc) is 3.07. The van der Waals surface area contributed by atoms with Crippen molar-refractivity contribution in [1.82, 2.24) is 9.80 Å². The summed E-state index contributed by atoms with van der Waals surface area (Å²) in [6.07, 6.45) is 1.72. The Morgan fingerprint density at radius 2 is 2.13 bits per heavy atom. The Labute approximate surface area is 141 Å². The number of carbonyl (C=O) groups is 1. The van der Waals surface area contributed by atoms with Crippen molar-refractivity contribution < 1.29 is 13.9 Å². The van der Waals surface area contributed by atoms with E-state index in [-0.39, 0.29) is 17.1 Å². The fourth-order valence-corrected chi connectivity index (χ4v) is 3.88. The number of likely N-dealkylation sites (tertiary alicyclic amines) is 2. The number of nitrogens with zero attached hydrogens (tertiary/aromatic N) is 2. The number of methoxy groups -OCH3 is 1. The van der Waals surface area contributed by atoms with Crippen molar-refractivity contribution in [2.75, 3.05) is 39.9 Å². The first kappa shape index (κ1) is 16.7. The Morgan fingerprint density at radius 3 is 2.91 bits per heavy atom. The second-order valence-electron chi connectivity index (χ2n) is 6.51. The van der Waals surface area contributed by atoms with Crippen molar-refractivity contribution >= 4 is 17.5 Å². The van der Waals surface area contributed by atoms with E-state index in [1.165, 1.54) is 6.07 Å². The molecule has 0 bridgehead atoms. The molecule has 126 valence electrons. The minimum absolute atomic E-state index is 0.226. The Bertz CT molecular complexity index is 598. The summed E-state index contributed by atoms with van der Waals surface area (Å²) in [5.41, 5.74) is 0.305. The van der Waals surface area contributed by atoms with Crippen molar-refractivity contribution in [1.29, 1.82) is 0 Å². The Balaban J connectivity index is 1.64. The molecule has 2 saturated heterocycles. The summed E-state index contributed by atoms with van der Waals surface area (Å²) in [6, 6.07) is 4.62. The lowest BCUT2D eigenvalue weighted by Gasteiger charge is -2.23. The van der Waals surface area contributed by atoms with Crippen molar-refractivity contribution in [3.05, 3.63) is 34.6 Å². The molecule has 2 aliphatic rings. The highest BCUT2D eigenvalue weighted by molar-refractivity contribution is 6.30. The van der Waals surface area contributed by atoms with Gasteiger partial charge in [-0.3, -0.25) is 9.69 Å². The van der Waals surface area contributed by atoms with E-state index in [2.05, 4.69) is 4.90 Å². The molecule has 2 fully saturated rings. The van der Waals surface area contributed by atoms with Gasteiger partial charge < -0.3 is 9.64 Å². The van der Waals surface area contributed by atoms with E-state index in [9.17, 15) is 9.18 Å². The summed E-state index contributed by atoms with van der Waals surface area (Å²) in [7, 11) is 1.65. The molecule has 0 aromatic heterocycles. The number of hydrogen-bond acceptors (Lipinski definition) is 3. The molecule has 0 radical (unpaired) electrons. The van der Waals surface area contributed by atoms with Crippen LogP contribution in [0, 0.1) is 11.2 Å². The standard InChI is InChI=1S/C17H22ClFN2O2/c1-23-9-8-21-7-5-17(16(21)22)4-6-20(12-17)11-13-10-14(18)2-3-15(13)19/h2-3,10H,4-9,11-12H2,1H3. The van der Waals surface area contributed by atoms with Gasteiger partial charge in [0.1, 0.15) is 5.82 Å². The molecule has 1 aromatic carbocycles. The lowest BCUT2D eigenvalue weighted by molar-refractivity contribution is -0.136. The molecule has 6 heteroatoms. The molecular formula is C17H22ClFN2O2. The zero-order chi connectivity index (χ0) is 16.4. The van der Waals surface area contributed by atoms with Gasteiger partial charge in [0.05, 0.1) is 12.0 Å². The smallest absolute Gasteiger partial charge is 0.230 e. The Morgan fingerprint density at radius 1 is 1.35 bits per heavy atom. The molecule has 2 aliphatic heterocycles.